The Morgan fingerprint density at radius 1 is 0.976 bits per heavy atom. The molecule has 0 saturated carbocycles. The van der Waals surface area contributed by atoms with Gasteiger partial charge in [-0.3, -0.25) is 9.59 Å². The van der Waals surface area contributed by atoms with Crippen molar-refractivity contribution in [1.29, 1.82) is 0 Å². The first kappa shape index (κ1) is 33.7. The molecule has 2 aromatic carbocycles. The minimum Gasteiger partial charge on any atom is -0.508 e. The summed E-state index contributed by atoms with van der Waals surface area (Å²) in [5.41, 5.74) is 1.84. The summed E-state index contributed by atoms with van der Waals surface area (Å²) in [6.45, 7) is 17.6. The van der Waals surface area contributed by atoms with E-state index in [1.165, 1.54) is 12.1 Å². The van der Waals surface area contributed by atoms with Crippen molar-refractivity contribution < 1.29 is 24.2 Å². The van der Waals surface area contributed by atoms with Crippen molar-refractivity contribution in [2.24, 2.45) is 0 Å². The Balaban J connectivity index is 2.69. The smallest absolute Gasteiger partial charge is 0.408 e. The predicted octanol–water partition coefficient (Wildman–Crippen LogP) is 6.12. The number of benzene rings is 2. The maximum absolute atomic E-state index is 14.7. The SMILES string of the molecule is CCCCNC(=O)C(c1cc(C)ccc1C)N(C(=O)C(Cc1ccc(O)cc1)NC(=O)OC(C)(C)C)C(C)(C)CC. The fourth-order valence-electron chi connectivity index (χ4n) is 4.57. The van der Waals surface area contributed by atoms with Crippen LogP contribution in [0.2, 0.25) is 0 Å². The van der Waals surface area contributed by atoms with Gasteiger partial charge in [-0.1, -0.05) is 56.2 Å². The molecule has 0 bridgehead atoms. The lowest BCUT2D eigenvalue weighted by Gasteiger charge is -2.45. The third kappa shape index (κ3) is 9.80. The van der Waals surface area contributed by atoms with Gasteiger partial charge in [-0.2, -0.15) is 0 Å². The maximum atomic E-state index is 14.7. The van der Waals surface area contributed by atoms with Gasteiger partial charge < -0.3 is 25.4 Å². The zero-order valence-electron chi connectivity index (χ0n) is 26.3. The van der Waals surface area contributed by atoms with E-state index in [0.29, 0.717) is 13.0 Å². The van der Waals surface area contributed by atoms with Gasteiger partial charge in [-0.05, 0) is 90.1 Å². The highest BCUT2D eigenvalue weighted by Gasteiger charge is 2.43. The predicted molar refractivity (Wildman–Crippen MR) is 163 cm³/mol. The normalized spacial score (nSPS) is 13.2. The van der Waals surface area contributed by atoms with E-state index in [9.17, 15) is 19.5 Å². The summed E-state index contributed by atoms with van der Waals surface area (Å²) in [6, 6.07) is 10.5. The second-order valence-corrected chi connectivity index (χ2v) is 12.4. The Labute approximate surface area is 245 Å². The van der Waals surface area contributed by atoms with E-state index >= 15 is 0 Å². The lowest BCUT2D eigenvalue weighted by atomic mass is 9.89. The number of carbonyl (C=O) groups excluding carboxylic acids is 3. The van der Waals surface area contributed by atoms with Gasteiger partial charge in [0, 0.05) is 18.5 Å². The summed E-state index contributed by atoms with van der Waals surface area (Å²) >= 11 is 0. The van der Waals surface area contributed by atoms with Crippen LogP contribution in [0.25, 0.3) is 0 Å². The summed E-state index contributed by atoms with van der Waals surface area (Å²) in [5.74, 6) is -0.556. The summed E-state index contributed by atoms with van der Waals surface area (Å²) in [7, 11) is 0. The molecular formula is C33H49N3O5. The molecule has 0 aromatic heterocycles. The summed E-state index contributed by atoms with van der Waals surface area (Å²) in [5, 5.41) is 15.6. The van der Waals surface area contributed by atoms with Gasteiger partial charge in [0.25, 0.3) is 0 Å². The standard InChI is InChI=1S/C33H49N3O5/c1-10-12-19-34-29(38)28(26-20-22(3)13-14-23(26)4)36(33(8,9)11-2)30(39)27(35-31(40)41-32(5,6)7)21-24-15-17-25(37)18-16-24/h13-18,20,27-28,37H,10-12,19,21H2,1-9H3,(H,34,38)(H,35,40). The minimum absolute atomic E-state index is 0.101. The van der Waals surface area contributed by atoms with Crippen LogP contribution >= 0.6 is 0 Å². The largest absolute Gasteiger partial charge is 0.508 e. The van der Waals surface area contributed by atoms with E-state index in [-0.39, 0.29) is 18.1 Å². The Morgan fingerprint density at radius 2 is 1.61 bits per heavy atom. The van der Waals surface area contributed by atoms with E-state index in [1.54, 1.807) is 37.8 Å². The van der Waals surface area contributed by atoms with Gasteiger partial charge in [-0.25, -0.2) is 4.79 Å². The Hall–Kier alpha value is -3.55. The van der Waals surface area contributed by atoms with Crippen molar-refractivity contribution in [3.8, 4) is 5.75 Å². The number of hydrogen-bond donors (Lipinski definition) is 3. The monoisotopic (exact) mass is 567 g/mol. The molecule has 8 nitrogen and oxygen atoms in total. The fourth-order valence-corrected chi connectivity index (χ4v) is 4.57. The van der Waals surface area contributed by atoms with Crippen LogP contribution in [0.1, 0.15) is 96.0 Å². The summed E-state index contributed by atoms with van der Waals surface area (Å²) in [4.78, 5) is 43.3. The molecule has 3 amide bonds. The zero-order chi connectivity index (χ0) is 31.0. The Kier molecular flexibility index (Phi) is 11.8. The second kappa shape index (κ2) is 14.4. The van der Waals surface area contributed by atoms with Crippen molar-refractivity contribution >= 4 is 17.9 Å². The number of phenolic OH excluding ortho intramolecular Hbond substituents is 1. The Bertz CT molecular complexity index is 1180. The minimum atomic E-state index is -1.03. The average molecular weight is 568 g/mol. The number of unbranched alkanes of at least 4 members (excludes halogenated alkanes) is 1. The number of nitrogens with zero attached hydrogens (tertiary/aromatic N) is 1. The van der Waals surface area contributed by atoms with Crippen LogP contribution in [0.15, 0.2) is 42.5 Å². The van der Waals surface area contributed by atoms with E-state index < -0.39 is 35.2 Å². The Morgan fingerprint density at radius 3 is 2.17 bits per heavy atom. The van der Waals surface area contributed by atoms with Crippen LogP contribution in [-0.2, 0) is 20.7 Å². The number of aryl methyl sites for hydroxylation is 2. The number of amides is 3. The molecule has 3 N–H and O–H groups in total. The summed E-state index contributed by atoms with van der Waals surface area (Å²) in [6.07, 6.45) is 1.73. The van der Waals surface area contributed by atoms with Crippen molar-refractivity contribution in [3.05, 3.63) is 64.7 Å². The third-order valence-corrected chi connectivity index (χ3v) is 7.19. The van der Waals surface area contributed by atoms with Crippen molar-refractivity contribution in [2.75, 3.05) is 6.54 Å². The zero-order valence-corrected chi connectivity index (χ0v) is 26.3. The number of rotatable bonds is 12. The van der Waals surface area contributed by atoms with Gasteiger partial charge in [0.15, 0.2) is 0 Å². The lowest BCUT2D eigenvalue weighted by molar-refractivity contribution is -0.149. The second-order valence-electron chi connectivity index (χ2n) is 12.4. The van der Waals surface area contributed by atoms with Crippen LogP contribution in [-0.4, -0.2) is 51.6 Å². The van der Waals surface area contributed by atoms with Gasteiger partial charge in [-0.15, -0.1) is 0 Å². The average Bonchev–Trinajstić information content (AvgIpc) is 2.88. The maximum Gasteiger partial charge on any atom is 0.408 e. The highest BCUT2D eigenvalue weighted by Crippen LogP contribution is 2.34. The van der Waals surface area contributed by atoms with Crippen LogP contribution < -0.4 is 10.6 Å². The van der Waals surface area contributed by atoms with E-state index in [2.05, 4.69) is 17.6 Å². The molecule has 0 aliphatic heterocycles. The topological polar surface area (TPSA) is 108 Å². The molecule has 2 aromatic rings. The van der Waals surface area contributed by atoms with Crippen LogP contribution in [0.5, 0.6) is 5.75 Å². The lowest BCUT2D eigenvalue weighted by Crippen LogP contribution is -2.60. The number of hydrogen-bond acceptors (Lipinski definition) is 5. The first-order valence-corrected chi connectivity index (χ1v) is 14.5. The number of alkyl carbamates (subject to hydrolysis) is 1. The molecule has 2 atom stereocenters. The molecule has 0 aliphatic carbocycles. The molecule has 0 aliphatic rings. The number of ether oxygens (including phenoxy) is 1. The van der Waals surface area contributed by atoms with Gasteiger partial charge >= 0.3 is 6.09 Å². The first-order chi connectivity index (χ1) is 19.1. The molecule has 8 heteroatoms. The van der Waals surface area contributed by atoms with Crippen molar-refractivity contribution in [2.45, 2.75) is 111 Å². The number of phenols is 1. The van der Waals surface area contributed by atoms with Gasteiger partial charge in [0.1, 0.15) is 23.4 Å². The first-order valence-electron chi connectivity index (χ1n) is 14.5. The molecule has 0 saturated heterocycles. The number of nitrogens with one attached hydrogen (secondary N) is 2. The molecule has 0 fully saturated rings. The van der Waals surface area contributed by atoms with Crippen LogP contribution in [0, 0.1) is 13.8 Å². The van der Waals surface area contributed by atoms with E-state index in [0.717, 1.165) is 35.1 Å². The van der Waals surface area contributed by atoms with Crippen molar-refractivity contribution in [1.82, 2.24) is 15.5 Å². The number of carbonyl (C=O) groups is 3. The highest BCUT2D eigenvalue weighted by atomic mass is 16.6. The molecular weight excluding hydrogens is 518 g/mol. The molecule has 2 rings (SSSR count). The molecule has 0 heterocycles. The third-order valence-electron chi connectivity index (χ3n) is 7.19. The molecule has 0 spiro atoms. The van der Waals surface area contributed by atoms with E-state index in [1.807, 2.05) is 52.8 Å². The number of aromatic hydroxyl groups is 1. The highest BCUT2D eigenvalue weighted by molar-refractivity contribution is 5.93. The van der Waals surface area contributed by atoms with E-state index in [4.69, 9.17) is 4.74 Å². The molecule has 2 unspecified atom stereocenters. The molecule has 41 heavy (non-hydrogen) atoms. The molecule has 226 valence electrons. The molecule has 0 radical (unpaired) electrons. The van der Waals surface area contributed by atoms with Crippen molar-refractivity contribution in [3.63, 3.8) is 0 Å². The van der Waals surface area contributed by atoms with Gasteiger partial charge in [0.2, 0.25) is 11.8 Å². The quantitative estimate of drug-likeness (QED) is 0.268. The fraction of sp³-hybridized carbons (Fsp3) is 0.545. The van der Waals surface area contributed by atoms with Gasteiger partial charge in [0.05, 0.1) is 0 Å². The van der Waals surface area contributed by atoms with Crippen LogP contribution in [0.4, 0.5) is 4.79 Å². The van der Waals surface area contributed by atoms with Crippen LogP contribution in [0.3, 0.4) is 0 Å². The summed E-state index contributed by atoms with van der Waals surface area (Å²) < 4.78 is 5.52.